The zero-order valence-electron chi connectivity index (χ0n) is 16.7. The predicted octanol–water partition coefficient (Wildman–Crippen LogP) is 3.90. The van der Waals surface area contributed by atoms with Gasteiger partial charge in [0.05, 0.1) is 6.61 Å². The van der Waals surface area contributed by atoms with Gasteiger partial charge in [0, 0.05) is 38.1 Å². The van der Waals surface area contributed by atoms with Crippen molar-refractivity contribution in [3.05, 3.63) is 41.7 Å². The van der Waals surface area contributed by atoms with Gasteiger partial charge in [-0.3, -0.25) is 0 Å². The molecule has 1 aliphatic heterocycles. The summed E-state index contributed by atoms with van der Waals surface area (Å²) in [6, 6.07) is 5.29. The maximum Gasteiger partial charge on any atom is 0.573 e. The van der Waals surface area contributed by atoms with Crippen molar-refractivity contribution in [2.45, 2.75) is 19.5 Å². The molecule has 174 valence electrons. The van der Waals surface area contributed by atoms with Gasteiger partial charge in [-0.25, -0.2) is 14.8 Å². The van der Waals surface area contributed by atoms with Crippen LogP contribution in [-0.2, 0) is 10.9 Å². The number of halogens is 6. The molecular weight excluding hydrogens is 446 g/mol. The zero-order valence-corrected chi connectivity index (χ0v) is 16.7. The highest BCUT2D eigenvalue weighted by atomic mass is 19.4. The first-order chi connectivity index (χ1) is 15.0. The number of rotatable bonds is 5. The van der Waals surface area contributed by atoms with E-state index in [1.54, 1.807) is 0 Å². The Balaban J connectivity index is 1.70. The standard InChI is InChI=1S/C19H18F6N4O3/c1-2-31-16(30)14-11-26-17(27-15(14)18(20,21)22)29-9-7-28(8-10-29)12-3-5-13(6-4-12)32-19(23,24)25/h3-6,11H,2,7-10H2,1H3. The van der Waals surface area contributed by atoms with E-state index in [0.29, 0.717) is 18.8 Å². The molecule has 1 aliphatic rings. The summed E-state index contributed by atoms with van der Waals surface area (Å²) >= 11 is 0. The second-order valence-corrected chi connectivity index (χ2v) is 6.67. The molecule has 0 spiro atoms. The number of piperazine rings is 1. The molecule has 2 aromatic rings. The fourth-order valence-electron chi connectivity index (χ4n) is 3.12. The number of hydrogen-bond acceptors (Lipinski definition) is 7. The molecule has 1 aromatic carbocycles. The number of benzene rings is 1. The van der Waals surface area contributed by atoms with Crippen molar-refractivity contribution in [3.8, 4) is 5.75 Å². The summed E-state index contributed by atoms with van der Waals surface area (Å²) in [5, 5.41) is 0. The summed E-state index contributed by atoms with van der Waals surface area (Å²) in [7, 11) is 0. The molecule has 2 heterocycles. The maximum atomic E-state index is 13.4. The van der Waals surface area contributed by atoms with Gasteiger partial charge in [-0.05, 0) is 31.2 Å². The third-order valence-corrected chi connectivity index (χ3v) is 4.54. The Morgan fingerprint density at radius 3 is 2.12 bits per heavy atom. The summed E-state index contributed by atoms with van der Waals surface area (Å²) in [6.45, 7) is 2.63. The van der Waals surface area contributed by atoms with Gasteiger partial charge < -0.3 is 19.3 Å². The van der Waals surface area contributed by atoms with Gasteiger partial charge in [0.15, 0.2) is 5.69 Å². The summed E-state index contributed by atoms with van der Waals surface area (Å²) in [6.07, 6.45) is -8.86. The van der Waals surface area contributed by atoms with Gasteiger partial charge in [0.25, 0.3) is 0 Å². The van der Waals surface area contributed by atoms with Crippen molar-refractivity contribution in [1.82, 2.24) is 9.97 Å². The number of carbonyl (C=O) groups is 1. The van der Waals surface area contributed by atoms with Crippen LogP contribution >= 0.6 is 0 Å². The van der Waals surface area contributed by atoms with Crippen LogP contribution in [0.3, 0.4) is 0 Å². The van der Waals surface area contributed by atoms with Crippen LogP contribution in [0.2, 0.25) is 0 Å². The minimum absolute atomic E-state index is 0.0941. The number of alkyl halides is 6. The lowest BCUT2D eigenvalue weighted by atomic mass is 10.2. The molecule has 1 fully saturated rings. The first-order valence-corrected chi connectivity index (χ1v) is 9.45. The molecule has 0 bridgehead atoms. The topological polar surface area (TPSA) is 67.8 Å². The number of hydrogen-bond donors (Lipinski definition) is 0. The molecule has 0 N–H and O–H groups in total. The van der Waals surface area contributed by atoms with Crippen molar-refractivity contribution in [2.24, 2.45) is 0 Å². The average Bonchev–Trinajstić information content (AvgIpc) is 2.72. The molecule has 0 amide bonds. The Kier molecular flexibility index (Phi) is 6.65. The highest BCUT2D eigenvalue weighted by molar-refractivity contribution is 5.90. The summed E-state index contributed by atoms with van der Waals surface area (Å²) in [4.78, 5) is 22.6. The monoisotopic (exact) mass is 464 g/mol. The van der Waals surface area contributed by atoms with Crippen molar-refractivity contribution in [1.29, 1.82) is 0 Å². The molecule has 3 rings (SSSR count). The van der Waals surface area contributed by atoms with Crippen molar-refractivity contribution >= 4 is 17.6 Å². The molecular formula is C19H18F6N4O3. The fourth-order valence-corrected chi connectivity index (χ4v) is 3.12. The zero-order chi connectivity index (χ0) is 23.5. The Morgan fingerprint density at radius 1 is 1.00 bits per heavy atom. The van der Waals surface area contributed by atoms with E-state index in [2.05, 4.69) is 19.4 Å². The van der Waals surface area contributed by atoms with E-state index in [1.165, 1.54) is 36.1 Å². The largest absolute Gasteiger partial charge is 0.573 e. The van der Waals surface area contributed by atoms with E-state index in [4.69, 9.17) is 0 Å². The normalized spacial score (nSPS) is 15.0. The maximum absolute atomic E-state index is 13.4. The van der Waals surface area contributed by atoms with E-state index in [-0.39, 0.29) is 31.4 Å². The number of esters is 1. The molecule has 13 heteroatoms. The molecule has 1 aromatic heterocycles. The molecule has 7 nitrogen and oxygen atoms in total. The Hall–Kier alpha value is -3.25. The van der Waals surface area contributed by atoms with E-state index in [1.807, 2.05) is 4.90 Å². The third-order valence-electron chi connectivity index (χ3n) is 4.54. The summed E-state index contributed by atoms with van der Waals surface area (Å²) in [5.74, 6) is -1.69. The minimum Gasteiger partial charge on any atom is -0.462 e. The highest BCUT2D eigenvalue weighted by Crippen LogP contribution is 2.32. The molecule has 0 unspecified atom stereocenters. The van der Waals surface area contributed by atoms with Crippen LogP contribution in [0.25, 0.3) is 0 Å². The molecule has 0 aliphatic carbocycles. The van der Waals surface area contributed by atoms with Gasteiger partial charge in [0.1, 0.15) is 11.3 Å². The Bertz CT molecular complexity index is 942. The quantitative estimate of drug-likeness (QED) is 0.491. The summed E-state index contributed by atoms with van der Waals surface area (Å²) in [5.41, 5.74) is -1.50. The average molecular weight is 464 g/mol. The van der Waals surface area contributed by atoms with Gasteiger partial charge in [-0.2, -0.15) is 13.2 Å². The lowest BCUT2D eigenvalue weighted by Gasteiger charge is -2.36. The Labute approximate surface area is 178 Å². The number of aromatic nitrogens is 2. The molecule has 32 heavy (non-hydrogen) atoms. The van der Waals surface area contributed by atoms with Crippen LogP contribution in [0.15, 0.2) is 30.5 Å². The lowest BCUT2D eigenvalue weighted by Crippen LogP contribution is -2.47. The van der Waals surface area contributed by atoms with Gasteiger partial charge >= 0.3 is 18.5 Å². The summed E-state index contributed by atoms with van der Waals surface area (Å²) < 4.78 is 85.5. The van der Waals surface area contributed by atoms with E-state index in [0.717, 1.165) is 6.20 Å². The van der Waals surface area contributed by atoms with Crippen LogP contribution in [-0.4, -0.2) is 55.1 Å². The highest BCUT2D eigenvalue weighted by Gasteiger charge is 2.39. The van der Waals surface area contributed by atoms with Crippen LogP contribution in [0.5, 0.6) is 5.75 Å². The van der Waals surface area contributed by atoms with Crippen LogP contribution in [0.1, 0.15) is 23.0 Å². The lowest BCUT2D eigenvalue weighted by molar-refractivity contribution is -0.274. The van der Waals surface area contributed by atoms with Crippen molar-refractivity contribution in [2.75, 3.05) is 42.6 Å². The number of carbonyl (C=O) groups excluding carboxylic acids is 1. The second kappa shape index (κ2) is 9.09. The first-order valence-electron chi connectivity index (χ1n) is 9.45. The van der Waals surface area contributed by atoms with E-state index < -0.39 is 29.8 Å². The molecule has 0 saturated carbocycles. The predicted molar refractivity (Wildman–Crippen MR) is 101 cm³/mol. The van der Waals surface area contributed by atoms with Crippen molar-refractivity contribution < 1.29 is 40.6 Å². The Morgan fingerprint density at radius 2 is 1.59 bits per heavy atom. The molecule has 0 atom stereocenters. The number of anilines is 2. The van der Waals surface area contributed by atoms with E-state index >= 15 is 0 Å². The van der Waals surface area contributed by atoms with Gasteiger partial charge in [0.2, 0.25) is 5.95 Å². The third kappa shape index (κ3) is 5.71. The van der Waals surface area contributed by atoms with Crippen LogP contribution in [0, 0.1) is 0 Å². The van der Waals surface area contributed by atoms with Gasteiger partial charge in [-0.15, -0.1) is 13.2 Å². The minimum atomic E-state index is -4.87. The van der Waals surface area contributed by atoms with Gasteiger partial charge in [-0.1, -0.05) is 0 Å². The number of ether oxygens (including phenoxy) is 2. The second-order valence-electron chi connectivity index (χ2n) is 6.67. The smallest absolute Gasteiger partial charge is 0.462 e. The van der Waals surface area contributed by atoms with Crippen molar-refractivity contribution in [3.63, 3.8) is 0 Å². The van der Waals surface area contributed by atoms with E-state index in [9.17, 15) is 31.1 Å². The fraction of sp³-hybridized carbons (Fsp3) is 0.421. The molecule has 1 saturated heterocycles. The van der Waals surface area contributed by atoms with Crippen LogP contribution < -0.4 is 14.5 Å². The first kappa shape index (κ1) is 23.4. The van der Waals surface area contributed by atoms with Crippen LogP contribution in [0.4, 0.5) is 38.0 Å². The SMILES string of the molecule is CCOC(=O)c1cnc(N2CCN(c3ccc(OC(F)(F)F)cc3)CC2)nc1C(F)(F)F. The molecule has 0 radical (unpaired) electrons. The number of nitrogens with zero attached hydrogens (tertiary/aromatic N) is 4.